The molecule has 1 saturated heterocycles. The van der Waals surface area contributed by atoms with E-state index in [2.05, 4.69) is 67.8 Å². The number of nitrogens with one attached hydrogen (secondary N) is 1. The SMILES string of the molecule is CCCC/C=C\C/C=C\CCCCCCCC(=O)NC(COC1OC(CO)C(O)C(O)C1O)C(O)/C=C/CC/C=C/CC/C=C/CCCCC. The van der Waals surface area contributed by atoms with Crippen LogP contribution in [-0.2, 0) is 14.3 Å². The maximum Gasteiger partial charge on any atom is 0.220 e. The van der Waals surface area contributed by atoms with E-state index in [1.54, 1.807) is 6.08 Å². The molecule has 0 saturated carbocycles. The van der Waals surface area contributed by atoms with Crippen LogP contribution in [0, 0.1) is 0 Å². The fourth-order valence-corrected chi connectivity index (χ4v) is 5.55. The number of aliphatic hydroxyl groups is 5. The second-order valence-corrected chi connectivity index (χ2v) is 13.3. The first-order valence-electron chi connectivity index (χ1n) is 19.5. The van der Waals surface area contributed by atoms with Gasteiger partial charge in [0.2, 0.25) is 5.91 Å². The predicted molar refractivity (Wildman–Crippen MR) is 202 cm³/mol. The minimum Gasteiger partial charge on any atom is -0.394 e. The summed E-state index contributed by atoms with van der Waals surface area (Å²) in [5, 5.41) is 53.9. The zero-order valence-electron chi connectivity index (χ0n) is 31.1. The molecule has 1 rings (SSSR count). The fourth-order valence-electron chi connectivity index (χ4n) is 5.55. The van der Waals surface area contributed by atoms with Gasteiger partial charge in [0.1, 0.15) is 24.4 Å². The number of hydrogen-bond donors (Lipinski definition) is 6. The van der Waals surface area contributed by atoms with Crippen LogP contribution in [-0.4, -0.2) is 87.5 Å². The highest BCUT2D eigenvalue weighted by molar-refractivity contribution is 5.76. The Labute approximate surface area is 303 Å². The summed E-state index contributed by atoms with van der Waals surface area (Å²) in [7, 11) is 0. The molecule has 9 nitrogen and oxygen atoms in total. The minimum absolute atomic E-state index is 0.211. The highest BCUT2D eigenvalue weighted by Gasteiger charge is 2.44. The summed E-state index contributed by atoms with van der Waals surface area (Å²) >= 11 is 0. The fraction of sp³-hybridized carbons (Fsp3) is 0.732. The second kappa shape index (κ2) is 31.6. The molecular formula is C41H71NO8. The molecule has 7 unspecified atom stereocenters. The number of hydrogen-bond acceptors (Lipinski definition) is 8. The maximum atomic E-state index is 12.9. The van der Waals surface area contributed by atoms with Crippen molar-refractivity contribution in [2.75, 3.05) is 13.2 Å². The summed E-state index contributed by atoms with van der Waals surface area (Å²) in [6, 6.07) is -0.834. The molecule has 1 heterocycles. The molecule has 0 radical (unpaired) electrons. The first-order chi connectivity index (χ1) is 24.3. The van der Waals surface area contributed by atoms with E-state index in [4.69, 9.17) is 9.47 Å². The van der Waals surface area contributed by atoms with Gasteiger partial charge in [-0.05, 0) is 70.6 Å². The van der Waals surface area contributed by atoms with E-state index < -0.39 is 49.5 Å². The lowest BCUT2D eigenvalue weighted by atomic mass is 9.99. The third kappa shape index (κ3) is 22.7. The van der Waals surface area contributed by atoms with Gasteiger partial charge in [-0.15, -0.1) is 0 Å². The largest absolute Gasteiger partial charge is 0.394 e. The molecule has 0 bridgehead atoms. The van der Waals surface area contributed by atoms with Gasteiger partial charge in [0.25, 0.3) is 0 Å². The smallest absolute Gasteiger partial charge is 0.220 e. The topological polar surface area (TPSA) is 149 Å². The lowest BCUT2D eigenvalue weighted by Crippen LogP contribution is -2.60. The third-order valence-corrected chi connectivity index (χ3v) is 8.79. The van der Waals surface area contributed by atoms with Crippen LogP contribution in [0.4, 0.5) is 0 Å². The van der Waals surface area contributed by atoms with Crippen LogP contribution < -0.4 is 5.32 Å². The standard InChI is InChI=1S/C41H71NO8/c1-3-5-7-9-11-13-15-17-19-21-23-25-27-29-31-37(45)42-34(33-49-41-40(48)39(47)38(46)36(32-43)50-41)35(44)30-28-26-24-22-20-18-16-14-12-10-8-6-4-2/h9,11-12,14-15,17,20,22,28,30,34-36,38-41,43-44,46-48H,3-8,10,13,16,18-19,21,23-27,29,31-33H2,1-2H3,(H,42,45)/b11-9-,14-12+,17-15-,22-20+,30-28+. The Kier molecular flexibility index (Phi) is 29.0. The summed E-state index contributed by atoms with van der Waals surface area (Å²) in [5.41, 5.74) is 0. The van der Waals surface area contributed by atoms with Gasteiger partial charge in [0.05, 0.1) is 25.4 Å². The van der Waals surface area contributed by atoms with E-state index >= 15 is 0 Å². The van der Waals surface area contributed by atoms with Crippen molar-refractivity contribution in [2.24, 2.45) is 0 Å². The van der Waals surface area contributed by atoms with Crippen LogP contribution in [0.1, 0.15) is 136 Å². The molecule has 0 aromatic heterocycles. The Morgan fingerprint density at radius 1 is 0.680 bits per heavy atom. The monoisotopic (exact) mass is 706 g/mol. The van der Waals surface area contributed by atoms with Gasteiger partial charge in [-0.2, -0.15) is 0 Å². The molecule has 1 amide bonds. The van der Waals surface area contributed by atoms with Crippen molar-refractivity contribution >= 4 is 5.91 Å². The summed E-state index contributed by atoms with van der Waals surface area (Å²) in [6.45, 7) is 3.63. The van der Waals surface area contributed by atoms with Crippen LogP contribution in [0.5, 0.6) is 0 Å². The first kappa shape index (κ1) is 45.9. The van der Waals surface area contributed by atoms with Gasteiger partial charge >= 0.3 is 0 Å². The summed E-state index contributed by atoms with van der Waals surface area (Å²) in [5.74, 6) is -0.211. The van der Waals surface area contributed by atoms with Crippen LogP contribution in [0.3, 0.4) is 0 Å². The van der Waals surface area contributed by atoms with Crippen molar-refractivity contribution in [1.82, 2.24) is 5.32 Å². The Morgan fingerprint density at radius 3 is 1.86 bits per heavy atom. The molecule has 50 heavy (non-hydrogen) atoms. The Hall–Kier alpha value is -2.11. The molecule has 6 N–H and O–H groups in total. The number of rotatable bonds is 30. The first-order valence-corrected chi connectivity index (χ1v) is 19.5. The van der Waals surface area contributed by atoms with Crippen LogP contribution in [0.2, 0.25) is 0 Å². The van der Waals surface area contributed by atoms with Gasteiger partial charge in [-0.25, -0.2) is 0 Å². The summed E-state index contributed by atoms with van der Waals surface area (Å²) in [4.78, 5) is 12.9. The number of amides is 1. The van der Waals surface area contributed by atoms with Gasteiger partial charge < -0.3 is 40.3 Å². The van der Waals surface area contributed by atoms with Gasteiger partial charge in [-0.3, -0.25) is 4.79 Å². The van der Waals surface area contributed by atoms with E-state index in [1.807, 2.05) is 6.08 Å². The molecule has 1 aliphatic rings. The zero-order valence-corrected chi connectivity index (χ0v) is 31.1. The van der Waals surface area contributed by atoms with Crippen molar-refractivity contribution < 1.29 is 39.8 Å². The molecule has 7 atom stereocenters. The van der Waals surface area contributed by atoms with Crippen LogP contribution >= 0.6 is 0 Å². The molecule has 0 aliphatic carbocycles. The molecule has 288 valence electrons. The van der Waals surface area contributed by atoms with E-state index in [0.717, 1.165) is 83.5 Å². The van der Waals surface area contributed by atoms with Crippen LogP contribution in [0.25, 0.3) is 0 Å². The van der Waals surface area contributed by atoms with E-state index in [9.17, 15) is 30.3 Å². The van der Waals surface area contributed by atoms with Crippen molar-refractivity contribution in [2.45, 2.75) is 179 Å². The average Bonchev–Trinajstić information content (AvgIpc) is 3.11. The lowest BCUT2D eigenvalue weighted by molar-refractivity contribution is -0.302. The normalized spacial score (nSPS) is 22.9. The van der Waals surface area contributed by atoms with Gasteiger partial charge in [-0.1, -0.05) is 120 Å². The van der Waals surface area contributed by atoms with Crippen molar-refractivity contribution in [3.05, 3.63) is 60.8 Å². The number of ether oxygens (including phenoxy) is 2. The highest BCUT2D eigenvalue weighted by Crippen LogP contribution is 2.22. The third-order valence-electron chi connectivity index (χ3n) is 8.79. The summed E-state index contributed by atoms with van der Waals surface area (Å²) in [6.07, 6.45) is 32.6. The Balaban J connectivity index is 2.51. The maximum absolute atomic E-state index is 12.9. The zero-order chi connectivity index (χ0) is 36.7. The predicted octanol–water partition coefficient (Wildman–Crippen LogP) is 6.88. The number of carbonyl (C=O) groups excluding carboxylic acids is 1. The quantitative estimate of drug-likeness (QED) is 0.0350. The second-order valence-electron chi connectivity index (χ2n) is 13.3. The molecule has 9 heteroatoms. The molecular weight excluding hydrogens is 634 g/mol. The van der Waals surface area contributed by atoms with Crippen LogP contribution in [0.15, 0.2) is 60.8 Å². The molecule has 0 spiro atoms. The molecule has 0 aromatic carbocycles. The van der Waals surface area contributed by atoms with Gasteiger partial charge in [0.15, 0.2) is 6.29 Å². The van der Waals surface area contributed by atoms with E-state index in [1.165, 1.54) is 32.1 Å². The number of allylic oxidation sites excluding steroid dienone is 9. The minimum atomic E-state index is -1.58. The highest BCUT2D eigenvalue weighted by atomic mass is 16.7. The Morgan fingerprint density at radius 2 is 1.22 bits per heavy atom. The average molecular weight is 706 g/mol. The van der Waals surface area contributed by atoms with Crippen molar-refractivity contribution in [3.8, 4) is 0 Å². The van der Waals surface area contributed by atoms with Crippen molar-refractivity contribution in [3.63, 3.8) is 0 Å². The number of aliphatic hydroxyl groups excluding tert-OH is 5. The summed E-state index contributed by atoms with van der Waals surface area (Å²) < 4.78 is 11.1. The molecule has 0 aromatic rings. The van der Waals surface area contributed by atoms with E-state index in [-0.39, 0.29) is 12.5 Å². The van der Waals surface area contributed by atoms with E-state index in [0.29, 0.717) is 6.42 Å². The Bertz CT molecular complexity index is 962. The molecule has 1 aliphatic heterocycles. The molecule has 1 fully saturated rings. The number of carbonyl (C=O) groups is 1. The van der Waals surface area contributed by atoms with Gasteiger partial charge in [0, 0.05) is 6.42 Å². The lowest BCUT2D eigenvalue weighted by Gasteiger charge is -2.40. The number of unbranched alkanes of at least 4 members (excludes halogenated alkanes) is 12. The van der Waals surface area contributed by atoms with Crippen molar-refractivity contribution in [1.29, 1.82) is 0 Å².